The van der Waals surface area contributed by atoms with Crippen LogP contribution in [0.25, 0.3) is 5.76 Å². The topological polar surface area (TPSA) is 79.3 Å². The summed E-state index contributed by atoms with van der Waals surface area (Å²) in [7, 11) is 0. The van der Waals surface area contributed by atoms with Gasteiger partial charge in [-0.25, -0.2) is 0 Å². The molecule has 7 heteroatoms. The molecule has 1 heterocycles. The number of benzene rings is 4. The number of ketones is 1. The molecule has 0 aliphatic carbocycles. The number of likely N-dealkylation sites (N-methyl/N-ethyl adjacent to an activating group) is 1. The zero-order valence-corrected chi connectivity index (χ0v) is 26.1. The molecule has 1 amide bonds. The van der Waals surface area contributed by atoms with Gasteiger partial charge in [-0.2, -0.15) is 0 Å². The van der Waals surface area contributed by atoms with Crippen molar-refractivity contribution in [2.24, 2.45) is 0 Å². The number of rotatable bonds is 13. The molecule has 0 radical (unpaired) electrons. The Hall–Kier alpha value is -4.88. The summed E-state index contributed by atoms with van der Waals surface area (Å²) in [6.45, 7) is 9.64. The summed E-state index contributed by atoms with van der Waals surface area (Å²) in [5.74, 6) is -0.211. The average Bonchev–Trinajstić information content (AvgIpc) is 3.33. The number of carbonyl (C=O) groups excluding carboxylic acids is 2. The lowest BCUT2D eigenvalue weighted by molar-refractivity contribution is -0.140. The molecule has 1 N–H and O–H groups in total. The third-order valence-electron chi connectivity index (χ3n) is 8.32. The minimum Gasteiger partial charge on any atom is -0.507 e. The molecule has 1 aliphatic rings. The number of aliphatic hydroxyl groups excluding tert-OH is 1. The number of amides is 1. The number of aryl methyl sites for hydroxylation is 1. The van der Waals surface area contributed by atoms with Crippen LogP contribution in [-0.2, 0) is 22.8 Å². The van der Waals surface area contributed by atoms with Crippen molar-refractivity contribution in [2.45, 2.75) is 40.0 Å². The first-order valence-corrected chi connectivity index (χ1v) is 15.4. The van der Waals surface area contributed by atoms with Crippen molar-refractivity contribution < 1.29 is 24.2 Å². The molecule has 0 saturated carbocycles. The normalized spacial score (nSPS) is 15.9. The first-order valence-electron chi connectivity index (χ1n) is 15.4. The Morgan fingerprint density at radius 2 is 1.38 bits per heavy atom. The fourth-order valence-electron chi connectivity index (χ4n) is 5.53. The predicted molar refractivity (Wildman–Crippen MR) is 176 cm³/mol. The van der Waals surface area contributed by atoms with Crippen molar-refractivity contribution in [3.63, 3.8) is 0 Å². The lowest BCUT2D eigenvalue weighted by atomic mass is 9.95. The van der Waals surface area contributed by atoms with Gasteiger partial charge in [0, 0.05) is 18.7 Å². The number of aliphatic hydroxyl groups is 1. The fourth-order valence-corrected chi connectivity index (χ4v) is 5.53. The molecule has 1 unspecified atom stereocenters. The number of ether oxygens (including phenoxy) is 2. The highest BCUT2D eigenvalue weighted by atomic mass is 16.5. The highest BCUT2D eigenvalue weighted by Crippen LogP contribution is 2.40. The molecule has 5 rings (SSSR count). The van der Waals surface area contributed by atoms with Crippen molar-refractivity contribution in [3.05, 3.63) is 137 Å². The summed E-state index contributed by atoms with van der Waals surface area (Å²) in [5, 5.41) is 11.5. The summed E-state index contributed by atoms with van der Waals surface area (Å²) in [5.41, 5.74) is 4.52. The number of Topliss-reactive ketones (excluding diaryl/α,β-unsaturated/α-hetero) is 1. The number of likely N-dealkylation sites (tertiary alicyclic amines) is 1. The molecular formula is C38H40N2O5. The first-order chi connectivity index (χ1) is 21.9. The SMILES string of the molecule is CCN(CC)CCN1C(=O)C(=O)C(=C(O)c2ccc(OCc3ccccc3C)cc2)C1c1ccc(OCc2ccccc2)cc1. The van der Waals surface area contributed by atoms with Gasteiger partial charge >= 0.3 is 0 Å². The lowest BCUT2D eigenvalue weighted by Gasteiger charge is -2.28. The van der Waals surface area contributed by atoms with Crippen LogP contribution < -0.4 is 9.47 Å². The number of hydrogen-bond donors (Lipinski definition) is 1. The first kappa shape index (κ1) is 31.5. The maximum atomic E-state index is 13.5. The van der Waals surface area contributed by atoms with Crippen molar-refractivity contribution in [1.29, 1.82) is 0 Å². The van der Waals surface area contributed by atoms with Gasteiger partial charge in [0.05, 0.1) is 11.6 Å². The van der Waals surface area contributed by atoms with Gasteiger partial charge in [-0.05, 0) is 78.7 Å². The fraction of sp³-hybridized carbons (Fsp3) is 0.263. The predicted octanol–water partition coefficient (Wildman–Crippen LogP) is 6.92. The zero-order valence-electron chi connectivity index (χ0n) is 26.1. The third-order valence-corrected chi connectivity index (χ3v) is 8.32. The highest BCUT2D eigenvalue weighted by Gasteiger charge is 2.46. The van der Waals surface area contributed by atoms with Gasteiger partial charge in [0.2, 0.25) is 0 Å². The van der Waals surface area contributed by atoms with Gasteiger partial charge < -0.3 is 24.4 Å². The van der Waals surface area contributed by atoms with E-state index in [2.05, 4.69) is 18.7 Å². The Kier molecular flexibility index (Phi) is 10.3. The minimum absolute atomic E-state index is 0.0751. The molecule has 7 nitrogen and oxygen atoms in total. The molecule has 1 atom stereocenters. The lowest BCUT2D eigenvalue weighted by Crippen LogP contribution is -2.38. The second-order valence-electron chi connectivity index (χ2n) is 11.1. The smallest absolute Gasteiger partial charge is 0.295 e. The van der Waals surface area contributed by atoms with E-state index in [0.29, 0.717) is 43.4 Å². The van der Waals surface area contributed by atoms with Gasteiger partial charge in [0.1, 0.15) is 30.5 Å². The van der Waals surface area contributed by atoms with E-state index in [0.717, 1.165) is 35.3 Å². The average molecular weight is 605 g/mol. The van der Waals surface area contributed by atoms with Crippen LogP contribution in [0.3, 0.4) is 0 Å². The van der Waals surface area contributed by atoms with Gasteiger partial charge in [0.25, 0.3) is 11.7 Å². The molecule has 4 aromatic carbocycles. The standard InChI is InChI=1S/C38H40N2O5/c1-4-39(5-2)23-24-40-35(29-15-19-32(20-16-29)44-25-28-12-7-6-8-13-28)34(37(42)38(40)43)36(41)30-17-21-33(22-18-30)45-26-31-14-10-9-11-27(31)3/h6-22,35,41H,4-5,23-26H2,1-3H3. The van der Waals surface area contributed by atoms with Crippen LogP contribution >= 0.6 is 0 Å². The van der Waals surface area contributed by atoms with Gasteiger partial charge in [-0.15, -0.1) is 0 Å². The Bertz CT molecular complexity index is 1630. The molecule has 0 spiro atoms. The van der Waals surface area contributed by atoms with Crippen molar-refractivity contribution in [3.8, 4) is 11.5 Å². The molecule has 0 bridgehead atoms. The molecule has 0 aromatic heterocycles. The number of carbonyl (C=O) groups is 2. The summed E-state index contributed by atoms with van der Waals surface area (Å²) in [6.07, 6.45) is 0. The second-order valence-corrected chi connectivity index (χ2v) is 11.1. The molecule has 45 heavy (non-hydrogen) atoms. The molecule has 1 aliphatic heterocycles. The maximum absolute atomic E-state index is 13.5. The Labute approximate surface area is 265 Å². The van der Waals surface area contributed by atoms with Crippen LogP contribution in [0.1, 0.15) is 47.7 Å². The van der Waals surface area contributed by atoms with E-state index in [1.54, 1.807) is 29.2 Å². The quantitative estimate of drug-likeness (QED) is 0.101. The van der Waals surface area contributed by atoms with Crippen LogP contribution in [0.4, 0.5) is 0 Å². The Balaban J connectivity index is 1.41. The van der Waals surface area contributed by atoms with Crippen LogP contribution in [0.15, 0.2) is 109 Å². The minimum atomic E-state index is -0.735. The number of nitrogens with zero attached hydrogens (tertiary/aromatic N) is 2. The molecule has 232 valence electrons. The Morgan fingerprint density at radius 1 is 0.778 bits per heavy atom. The summed E-state index contributed by atoms with van der Waals surface area (Å²) < 4.78 is 11.9. The van der Waals surface area contributed by atoms with Gasteiger partial charge in [-0.3, -0.25) is 9.59 Å². The van der Waals surface area contributed by atoms with Gasteiger partial charge in [0.15, 0.2) is 0 Å². The van der Waals surface area contributed by atoms with E-state index in [1.807, 2.05) is 85.8 Å². The van der Waals surface area contributed by atoms with Crippen LogP contribution in [-0.4, -0.2) is 52.8 Å². The van der Waals surface area contributed by atoms with E-state index in [1.165, 1.54) is 0 Å². The largest absolute Gasteiger partial charge is 0.507 e. The maximum Gasteiger partial charge on any atom is 0.295 e. The van der Waals surface area contributed by atoms with Crippen LogP contribution in [0.5, 0.6) is 11.5 Å². The van der Waals surface area contributed by atoms with E-state index in [4.69, 9.17) is 9.47 Å². The molecule has 1 saturated heterocycles. The zero-order chi connectivity index (χ0) is 31.8. The van der Waals surface area contributed by atoms with E-state index in [9.17, 15) is 14.7 Å². The highest BCUT2D eigenvalue weighted by molar-refractivity contribution is 6.46. The van der Waals surface area contributed by atoms with Crippen LogP contribution in [0, 0.1) is 6.92 Å². The third kappa shape index (κ3) is 7.44. The van der Waals surface area contributed by atoms with Crippen molar-refractivity contribution in [1.82, 2.24) is 9.80 Å². The van der Waals surface area contributed by atoms with Gasteiger partial charge in [-0.1, -0.05) is 80.6 Å². The van der Waals surface area contributed by atoms with E-state index < -0.39 is 17.7 Å². The molecule has 4 aromatic rings. The second kappa shape index (κ2) is 14.7. The molecule has 1 fully saturated rings. The summed E-state index contributed by atoms with van der Waals surface area (Å²) in [4.78, 5) is 30.7. The van der Waals surface area contributed by atoms with Crippen LogP contribution in [0.2, 0.25) is 0 Å². The number of hydrogen-bond acceptors (Lipinski definition) is 6. The summed E-state index contributed by atoms with van der Waals surface area (Å²) in [6, 6.07) is 31.5. The van der Waals surface area contributed by atoms with E-state index in [-0.39, 0.29) is 11.3 Å². The monoisotopic (exact) mass is 604 g/mol. The van der Waals surface area contributed by atoms with Crippen molar-refractivity contribution in [2.75, 3.05) is 26.2 Å². The molecular weight excluding hydrogens is 564 g/mol. The summed E-state index contributed by atoms with van der Waals surface area (Å²) >= 11 is 0. The Morgan fingerprint density at radius 3 is 2.02 bits per heavy atom. The van der Waals surface area contributed by atoms with E-state index >= 15 is 0 Å². The van der Waals surface area contributed by atoms with Crippen molar-refractivity contribution >= 4 is 17.4 Å².